The summed E-state index contributed by atoms with van der Waals surface area (Å²) in [5, 5.41) is 0. The van der Waals surface area contributed by atoms with Gasteiger partial charge in [0, 0.05) is 18.9 Å². The summed E-state index contributed by atoms with van der Waals surface area (Å²) in [6, 6.07) is -0.505. The Morgan fingerprint density at radius 3 is 2.88 bits per heavy atom. The van der Waals surface area contributed by atoms with Gasteiger partial charge in [-0.3, -0.25) is 14.6 Å². The minimum absolute atomic E-state index is 0.246. The van der Waals surface area contributed by atoms with Crippen LogP contribution in [0.2, 0.25) is 0 Å². The van der Waals surface area contributed by atoms with Gasteiger partial charge in [-0.1, -0.05) is 0 Å². The fraction of sp³-hybridized carbons (Fsp3) is 0.400. The SMILES string of the molecule is NC(=O)C1CCCN1C(=O)c1cnccn1. The van der Waals surface area contributed by atoms with Crippen molar-refractivity contribution in [2.24, 2.45) is 5.73 Å². The van der Waals surface area contributed by atoms with Crippen molar-refractivity contribution >= 4 is 11.8 Å². The summed E-state index contributed by atoms with van der Waals surface area (Å²) in [5.74, 6) is -0.746. The van der Waals surface area contributed by atoms with Crippen LogP contribution in [0.25, 0.3) is 0 Å². The van der Waals surface area contributed by atoms with E-state index >= 15 is 0 Å². The predicted molar refractivity (Wildman–Crippen MR) is 55.3 cm³/mol. The van der Waals surface area contributed by atoms with Gasteiger partial charge in [-0.15, -0.1) is 0 Å². The van der Waals surface area contributed by atoms with E-state index in [1.165, 1.54) is 23.5 Å². The van der Waals surface area contributed by atoms with E-state index < -0.39 is 11.9 Å². The van der Waals surface area contributed by atoms with Crippen LogP contribution in [-0.4, -0.2) is 39.3 Å². The molecular formula is C10H12N4O2. The lowest BCUT2D eigenvalue weighted by Gasteiger charge is -2.21. The lowest BCUT2D eigenvalue weighted by molar-refractivity contribution is -0.121. The number of nitrogens with two attached hydrogens (primary N) is 1. The highest BCUT2D eigenvalue weighted by atomic mass is 16.2. The molecule has 1 aromatic rings. The van der Waals surface area contributed by atoms with Crippen LogP contribution in [0.3, 0.4) is 0 Å². The smallest absolute Gasteiger partial charge is 0.274 e. The highest BCUT2D eigenvalue weighted by molar-refractivity contribution is 5.95. The summed E-state index contributed by atoms with van der Waals surface area (Å²) in [6.07, 6.45) is 5.74. The van der Waals surface area contributed by atoms with E-state index in [0.717, 1.165) is 6.42 Å². The van der Waals surface area contributed by atoms with E-state index in [1.54, 1.807) is 0 Å². The molecule has 16 heavy (non-hydrogen) atoms. The third-order valence-electron chi connectivity index (χ3n) is 2.62. The van der Waals surface area contributed by atoms with Gasteiger partial charge in [0.05, 0.1) is 6.20 Å². The molecule has 6 heteroatoms. The minimum atomic E-state index is -0.505. The second-order valence-electron chi connectivity index (χ2n) is 3.65. The Hall–Kier alpha value is -1.98. The molecule has 2 amide bonds. The van der Waals surface area contributed by atoms with Crippen molar-refractivity contribution in [3.63, 3.8) is 0 Å². The quantitative estimate of drug-likeness (QED) is 0.732. The Kier molecular flexibility index (Phi) is 2.80. The highest BCUT2D eigenvalue weighted by Gasteiger charge is 2.33. The Morgan fingerprint density at radius 1 is 1.44 bits per heavy atom. The number of amides is 2. The topological polar surface area (TPSA) is 89.2 Å². The molecule has 1 unspecified atom stereocenters. The maximum absolute atomic E-state index is 12.0. The molecule has 1 atom stereocenters. The highest BCUT2D eigenvalue weighted by Crippen LogP contribution is 2.18. The number of carbonyl (C=O) groups is 2. The molecule has 1 aliphatic heterocycles. The second kappa shape index (κ2) is 4.26. The maximum Gasteiger partial charge on any atom is 0.274 e. The van der Waals surface area contributed by atoms with Crippen LogP contribution in [0.15, 0.2) is 18.6 Å². The van der Waals surface area contributed by atoms with Gasteiger partial charge in [-0.05, 0) is 12.8 Å². The third-order valence-corrected chi connectivity index (χ3v) is 2.62. The summed E-state index contributed by atoms with van der Waals surface area (Å²) in [7, 11) is 0. The molecule has 1 aromatic heterocycles. The van der Waals surface area contributed by atoms with E-state index in [0.29, 0.717) is 13.0 Å². The summed E-state index contributed by atoms with van der Waals surface area (Å²) in [6.45, 7) is 0.545. The van der Waals surface area contributed by atoms with Crippen LogP contribution in [-0.2, 0) is 4.79 Å². The monoisotopic (exact) mass is 220 g/mol. The van der Waals surface area contributed by atoms with Crippen LogP contribution >= 0.6 is 0 Å². The average Bonchev–Trinajstić information content (AvgIpc) is 2.78. The number of primary amides is 1. The second-order valence-corrected chi connectivity index (χ2v) is 3.65. The van der Waals surface area contributed by atoms with Gasteiger partial charge < -0.3 is 10.6 Å². The third kappa shape index (κ3) is 1.86. The van der Waals surface area contributed by atoms with Crippen LogP contribution in [0.4, 0.5) is 0 Å². The molecule has 0 aliphatic carbocycles. The van der Waals surface area contributed by atoms with Crippen molar-refractivity contribution < 1.29 is 9.59 Å². The summed E-state index contributed by atoms with van der Waals surface area (Å²) in [4.78, 5) is 32.3. The van der Waals surface area contributed by atoms with Gasteiger partial charge in [0.25, 0.3) is 5.91 Å². The van der Waals surface area contributed by atoms with Gasteiger partial charge in [-0.25, -0.2) is 4.98 Å². The first-order valence-corrected chi connectivity index (χ1v) is 5.06. The minimum Gasteiger partial charge on any atom is -0.368 e. The molecule has 0 spiro atoms. The molecule has 2 heterocycles. The van der Waals surface area contributed by atoms with Crippen molar-refractivity contribution in [1.29, 1.82) is 0 Å². The Labute approximate surface area is 92.5 Å². The molecule has 1 aliphatic rings. The van der Waals surface area contributed by atoms with E-state index in [-0.39, 0.29) is 11.6 Å². The molecule has 0 aromatic carbocycles. The molecule has 2 rings (SSSR count). The fourth-order valence-corrected chi connectivity index (χ4v) is 1.86. The Balaban J connectivity index is 2.19. The summed E-state index contributed by atoms with van der Waals surface area (Å²) in [5.41, 5.74) is 5.48. The molecule has 0 bridgehead atoms. The van der Waals surface area contributed by atoms with Crippen LogP contribution in [0.1, 0.15) is 23.3 Å². The van der Waals surface area contributed by atoms with Crippen LogP contribution in [0.5, 0.6) is 0 Å². The summed E-state index contributed by atoms with van der Waals surface area (Å²) < 4.78 is 0. The number of rotatable bonds is 2. The zero-order chi connectivity index (χ0) is 11.5. The van der Waals surface area contributed by atoms with Gasteiger partial charge >= 0.3 is 0 Å². The lowest BCUT2D eigenvalue weighted by Crippen LogP contribution is -2.43. The van der Waals surface area contributed by atoms with Crippen molar-refractivity contribution in [1.82, 2.24) is 14.9 Å². The molecule has 2 N–H and O–H groups in total. The van der Waals surface area contributed by atoms with E-state index in [1.807, 2.05) is 0 Å². The van der Waals surface area contributed by atoms with Crippen molar-refractivity contribution in [2.45, 2.75) is 18.9 Å². The first kappa shape index (κ1) is 10.5. The molecule has 6 nitrogen and oxygen atoms in total. The number of nitrogens with zero attached hydrogens (tertiary/aromatic N) is 3. The predicted octanol–water partition coefficient (Wildman–Crippen LogP) is -0.434. The number of likely N-dealkylation sites (tertiary alicyclic amines) is 1. The largest absolute Gasteiger partial charge is 0.368 e. The standard InChI is InChI=1S/C10H12N4O2/c11-9(15)8-2-1-5-14(8)10(16)7-6-12-3-4-13-7/h3-4,6,8H,1-2,5H2,(H2,11,15). The Morgan fingerprint density at radius 2 is 2.25 bits per heavy atom. The first-order chi connectivity index (χ1) is 7.70. The normalized spacial score (nSPS) is 19.8. The number of hydrogen-bond donors (Lipinski definition) is 1. The number of carbonyl (C=O) groups excluding carboxylic acids is 2. The van der Waals surface area contributed by atoms with E-state index in [2.05, 4.69) is 9.97 Å². The first-order valence-electron chi connectivity index (χ1n) is 5.06. The molecule has 0 saturated carbocycles. The van der Waals surface area contributed by atoms with Crippen LogP contribution < -0.4 is 5.73 Å². The Bertz CT molecular complexity index is 407. The molecule has 1 saturated heterocycles. The van der Waals surface area contributed by atoms with Crippen LogP contribution in [0, 0.1) is 0 Å². The number of aromatic nitrogens is 2. The van der Waals surface area contributed by atoms with Gasteiger partial charge in [0.1, 0.15) is 11.7 Å². The van der Waals surface area contributed by atoms with E-state index in [9.17, 15) is 9.59 Å². The number of hydrogen-bond acceptors (Lipinski definition) is 4. The maximum atomic E-state index is 12.0. The average molecular weight is 220 g/mol. The molecule has 84 valence electrons. The van der Waals surface area contributed by atoms with E-state index in [4.69, 9.17) is 5.73 Å². The zero-order valence-electron chi connectivity index (χ0n) is 8.67. The van der Waals surface area contributed by atoms with Gasteiger partial charge in [0.2, 0.25) is 5.91 Å². The lowest BCUT2D eigenvalue weighted by atomic mass is 10.2. The van der Waals surface area contributed by atoms with Crippen molar-refractivity contribution in [3.8, 4) is 0 Å². The zero-order valence-corrected chi connectivity index (χ0v) is 8.67. The van der Waals surface area contributed by atoms with Crippen molar-refractivity contribution in [2.75, 3.05) is 6.54 Å². The molecule has 1 fully saturated rings. The molecular weight excluding hydrogens is 208 g/mol. The summed E-state index contributed by atoms with van der Waals surface area (Å²) >= 11 is 0. The van der Waals surface area contributed by atoms with Gasteiger partial charge in [0.15, 0.2) is 0 Å². The molecule has 0 radical (unpaired) electrons. The van der Waals surface area contributed by atoms with Gasteiger partial charge in [-0.2, -0.15) is 0 Å². The van der Waals surface area contributed by atoms with Crippen molar-refractivity contribution in [3.05, 3.63) is 24.3 Å². The fourth-order valence-electron chi connectivity index (χ4n) is 1.86.